The highest BCUT2D eigenvalue weighted by Crippen LogP contribution is 2.31. The zero-order chi connectivity index (χ0) is 26.2. The Hall–Kier alpha value is -4.02. The largest absolute Gasteiger partial charge is 0.388 e. The molecule has 1 aliphatic rings. The van der Waals surface area contributed by atoms with Crippen LogP contribution >= 0.6 is 11.6 Å². The molecule has 1 amide bonds. The van der Waals surface area contributed by atoms with Gasteiger partial charge in [0.15, 0.2) is 0 Å². The number of aromatic nitrogens is 2. The van der Waals surface area contributed by atoms with Crippen molar-refractivity contribution >= 4 is 47.0 Å². The van der Waals surface area contributed by atoms with Crippen molar-refractivity contribution in [2.45, 2.75) is 31.7 Å². The van der Waals surface area contributed by atoms with Crippen LogP contribution in [0.15, 0.2) is 53.8 Å². The zero-order valence-corrected chi connectivity index (χ0v) is 21.4. The number of hydrazine groups is 1. The van der Waals surface area contributed by atoms with Gasteiger partial charge in [0.2, 0.25) is 5.91 Å². The highest BCUT2D eigenvalue weighted by atomic mass is 35.5. The van der Waals surface area contributed by atoms with Crippen LogP contribution in [0.3, 0.4) is 0 Å². The van der Waals surface area contributed by atoms with E-state index < -0.39 is 0 Å². The van der Waals surface area contributed by atoms with Crippen molar-refractivity contribution in [1.82, 2.24) is 15.3 Å². The molecule has 0 saturated carbocycles. The molecule has 11 heteroatoms. The molecule has 1 atom stereocenters. The van der Waals surface area contributed by atoms with Crippen LogP contribution in [-0.2, 0) is 4.79 Å². The molecular formula is C26H32ClN9O. The van der Waals surface area contributed by atoms with Gasteiger partial charge >= 0.3 is 0 Å². The Morgan fingerprint density at radius 2 is 2.11 bits per heavy atom. The van der Waals surface area contributed by atoms with E-state index in [9.17, 15) is 4.79 Å². The SMILES string of the molecule is CNc1ccc2c(c1)NCCCCCC(NC(=O)/C=C/c1cc(Cl)ccc1N(N)/C=N\N)c1ncc-2[nH]1. The average Bonchev–Trinajstić information content (AvgIpc) is 3.38. The molecule has 8 N–H and O–H groups in total. The van der Waals surface area contributed by atoms with Crippen LogP contribution in [0.2, 0.25) is 5.02 Å². The lowest BCUT2D eigenvalue weighted by Gasteiger charge is -2.18. The van der Waals surface area contributed by atoms with E-state index in [1.165, 1.54) is 17.4 Å². The van der Waals surface area contributed by atoms with Crippen molar-refractivity contribution in [1.29, 1.82) is 0 Å². The summed E-state index contributed by atoms with van der Waals surface area (Å²) < 4.78 is 0. The molecule has 4 rings (SSSR count). The molecule has 2 heterocycles. The van der Waals surface area contributed by atoms with Crippen LogP contribution in [0.25, 0.3) is 17.3 Å². The average molecular weight is 522 g/mol. The highest BCUT2D eigenvalue weighted by molar-refractivity contribution is 6.30. The smallest absolute Gasteiger partial charge is 0.244 e. The Bertz CT molecular complexity index is 1290. The van der Waals surface area contributed by atoms with Crippen molar-refractivity contribution in [2.24, 2.45) is 16.8 Å². The standard InChI is InChI=1S/C26H32ClN9O/c1-30-19-8-9-20-22(14-19)31-12-4-2-3-5-21(26-32-15-23(20)35-26)34-25(37)11-6-17-13-18(27)7-10-24(17)36(29)16-33-28/h6-11,13-16,21,30-31H,2-5,12,28-29H2,1H3,(H,32,35)(H,34,37)/b11-6+,33-16-. The molecule has 2 bridgehead atoms. The summed E-state index contributed by atoms with van der Waals surface area (Å²) in [5.74, 6) is 11.7. The molecule has 1 aromatic heterocycles. The molecule has 0 radical (unpaired) electrons. The van der Waals surface area contributed by atoms with Crippen LogP contribution < -0.4 is 32.6 Å². The number of fused-ring (bicyclic) bond motifs is 4. The Balaban J connectivity index is 1.56. The van der Waals surface area contributed by atoms with E-state index in [1.807, 2.05) is 19.3 Å². The zero-order valence-electron chi connectivity index (χ0n) is 20.7. The maximum absolute atomic E-state index is 13.0. The fourth-order valence-electron chi connectivity index (χ4n) is 4.30. The number of hydrogen-bond donors (Lipinski definition) is 6. The summed E-state index contributed by atoms with van der Waals surface area (Å²) in [5.41, 5.74) is 5.24. The first kappa shape index (κ1) is 26.1. The topological polar surface area (TPSA) is 149 Å². The summed E-state index contributed by atoms with van der Waals surface area (Å²) >= 11 is 6.16. The lowest BCUT2D eigenvalue weighted by atomic mass is 10.1. The maximum Gasteiger partial charge on any atom is 0.244 e. The lowest BCUT2D eigenvalue weighted by molar-refractivity contribution is -0.117. The third-order valence-corrected chi connectivity index (χ3v) is 6.43. The summed E-state index contributed by atoms with van der Waals surface area (Å²) in [6.45, 7) is 0.871. The minimum Gasteiger partial charge on any atom is -0.388 e. The minimum atomic E-state index is -0.257. The predicted octanol–water partition coefficient (Wildman–Crippen LogP) is 4.21. The molecule has 0 fully saturated rings. The van der Waals surface area contributed by atoms with E-state index in [2.05, 4.69) is 43.2 Å². The van der Waals surface area contributed by atoms with Crippen molar-refractivity contribution in [3.63, 3.8) is 0 Å². The maximum atomic E-state index is 13.0. The molecule has 10 nitrogen and oxygen atoms in total. The number of carbonyl (C=O) groups is 1. The molecule has 37 heavy (non-hydrogen) atoms. The predicted molar refractivity (Wildman–Crippen MR) is 151 cm³/mol. The van der Waals surface area contributed by atoms with E-state index >= 15 is 0 Å². The minimum absolute atomic E-state index is 0.252. The van der Waals surface area contributed by atoms with E-state index in [1.54, 1.807) is 24.3 Å². The van der Waals surface area contributed by atoms with Crippen molar-refractivity contribution in [3.8, 4) is 11.3 Å². The van der Waals surface area contributed by atoms with Gasteiger partial charge in [-0.25, -0.2) is 10.8 Å². The second-order valence-corrected chi connectivity index (χ2v) is 9.17. The summed E-state index contributed by atoms with van der Waals surface area (Å²) in [6, 6.07) is 11.1. The van der Waals surface area contributed by atoms with Crippen LogP contribution in [-0.4, -0.2) is 35.8 Å². The molecule has 2 aromatic carbocycles. The number of halogens is 1. The number of nitrogens with zero attached hydrogens (tertiary/aromatic N) is 3. The molecule has 0 saturated heterocycles. The van der Waals surface area contributed by atoms with Gasteiger partial charge in [0.05, 0.1) is 23.6 Å². The molecule has 1 unspecified atom stereocenters. The number of hydrogen-bond acceptors (Lipinski definition) is 7. The van der Waals surface area contributed by atoms with E-state index in [4.69, 9.17) is 23.3 Å². The molecule has 0 aliphatic carbocycles. The summed E-state index contributed by atoms with van der Waals surface area (Å²) in [5, 5.41) is 15.1. The van der Waals surface area contributed by atoms with Gasteiger partial charge < -0.3 is 26.8 Å². The van der Waals surface area contributed by atoms with Gasteiger partial charge in [-0.15, -0.1) is 0 Å². The number of carbonyl (C=O) groups excluding carboxylic acids is 1. The number of rotatable bonds is 6. The Morgan fingerprint density at radius 3 is 2.92 bits per heavy atom. The first-order valence-electron chi connectivity index (χ1n) is 12.1. The van der Waals surface area contributed by atoms with Crippen LogP contribution in [0.5, 0.6) is 0 Å². The Morgan fingerprint density at radius 1 is 1.24 bits per heavy atom. The summed E-state index contributed by atoms with van der Waals surface area (Å²) in [7, 11) is 1.90. The number of aromatic amines is 1. The van der Waals surface area contributed by atoms with Crippen molar-refractivity contribution in [2.75, 3.05) is 29.2 Å². The van der Waals surface area contributed by atoms with Crippen molar-refractivity contribution in [3.05, 3.63) is 65.1 Å². The third-order valence-electron chi connectivity index (χ3n) is 6.20. The normalized spacial score (nSPS) is 15.9. The van der Waals surface area contributed by atoms with Gasteiger partial charge in [-0.05, 0) is 55.3 Å². The van der Waals surface area contributed by atoms with Crippen molar-refractivity contribution < 1.29 is 4.79 Å². The van der Waals surface area contributed by atoms with E-state index in [-0.39, 0.29) is 11.9 Å². The number of imidazole rings is 1. The monoisotopic (exact) mass is 521 g/mol. The fraction of sp³-hybridized carbons (Fsp3) is 0.269. The number of anilines is 3. The van der Waals surface area contributed by atoms with Crippen LogP contribution in [0.4, 0.5) is 17.1 Å². The van der Waals surface area contributed by atoms with E-state index in [0.29, 0.717) is 16.3 Å². The number of hydrazone groups is 1. The summed E-state index contributed by atoms with van der Waals surface area (Å²) in [6.07, 6.45) is 9.99. The van der Waals surface area contributed by atoms with E-state index in [0.717, 1.165) is 60.7 Å². The second-order valence-electron chi connectivity index (χ2n) is 8.74. The van der Waals surface area contributed by atoms with Gasteiger partial charge in [-0.2, -0.15) is 5.10 Å². The molecule has 0 spiro atoms. The summed E-state index contributed by atoms with van der Waals surface area (Å²) in [4.78, 5) is 21.0. The highest BCUT2D eigenvalue weighted by Gasteiger charge is 2.19. The number of nitrogens with one attached hydrogen (secondary N) is 4. The lowest BCUT2D eigenvalue weighted by Crippen LogP contribution is -2.30. The second kappa shape index (κ2) is 12.3. The Kier molecular flexibility index (Phi) is 8.65. The number of H-pyrrole nitrogens is 1. The first-order valence-corrected chi connectivity index (χ1v) is 12.5. The van der Waals surface area contributed by atoms with Gasteiger partial charge in [0, 0.05) is 47.2 Å². The Labute approximate surface area is 221 Å². The molecular weight excluding hydrogens is 490 g/mol. The van der Waals surface area contributed by atoms with Gasteiger partial charge in [-0.1, -0.05) is 24.4 Å². The fourth-order valence-corrected chi connectivity index (χ4v) is 4.48. The van der Waals surface area contributed by atoms with Crippen LogP contribution in [0.1, 0.15) is 43.1 Å². The van der Waals surface area contributed by atoms with Gasteiger partial charge in [-0.3, -0.25) is 9.80 Å². The quantitative estimate of drug-likeness (QED) is 0.0934. The molecule has 1 aliphatic heterocycles. The number of amides is 1. The van der Waals surface area contributed by atoms with Gasteiger partial charge in [0.1, 0.15) is 12.2 Å². The first-order chi connectivity index (χ1) is 18.0. The number of benzene rings is 2. The van der Waals surface area contributed by atoms with Crippen LogP contribution in [0, 0.1) is 0 Å². The number of nitrogens with two attached hydrogens (primary N) is 2. The molecule has 194 valence electrons. The molecule has 3 aromatic rings. The van der Waals surface area contributed by atoms with Gasteiger partial charge in [0.25, 0.3) is 0 Å². The third kappa shape index (κ3) is 6.60.